The van der Waals surface area contributed by atoms with Gasteiger partial charge < -0.3 is 9.64 Å². The molecule has 0 radical (unpaired) electrons. The zero-order valence-corrected chi connectivity index (χ0v) is 17.8. The first-order valence-corrected chi connectivity index (χ1v) is 10.8. The van der Waals surface area contributed by atoms with Crippen molar-refractivity contribution in [3.05, 3.63) is 51.5 Å². The first kappa shape index (κ1) is 20.3. The van der Waals surface area contributed by atoms with Gasteiger partial charge in [-0.05, 0) is 43.2 Å². The summed E-state index contributed by atoms with van der Waals surface area (Å²) in [5.41, 5.74) is 3.60. The minimum Gasteiger partial charge on any atom is -0.494 e. The molecule has 1 aliphatic rings. The zero-order chi connectivity index (χ0) is 19.8. The molecular weight excluding hydrogens is 407 g/mol. The average molecular weight is 429 g/mol. The van der Waals surface area contributed by atoms with E-state index >= 15 is 0 Å². The summed E-state index contributed by atoms with van der Waals surface area (Å²) in [4.78, 5) is 2.26. The van der Waals surface area contributed by atoms with Gasteiger partial charge in [0.25, 0.3) is 0 Å². The lowest BCUT2D eigenvalue weighted by molar-refractivity contribution is 0.374. The number of piperazine rings is 1. The van der Waals surface area contributed by atoms with Crippen LogP contribution in [0.25, 0.3) is 0 Å². The molecule has 0 amide bonds. The van der Waals surface area contributed by atoms with Gasteiger partial charge in [-0.2, -0.15) is 4.31 Å². The van der Waals surface area contributed by atoms with Gasteiger partial charge in [0.15, 0.2) is 5.75 Å². The summed E-state index contributed by atoms with van der Waals surface area (Å²) in [5.74, 6) is 0.0844. The van der Waals surface area contributed by atoms with Gasteiger partial charge in [0.2, 0.25) is 10.0 Å². The van der Waals surface area contributed by atoms with Gasteiger partial charge in [0, 0.05) is 31.9 Å². The molecule has 5 nitrogen and oxygen atoms in total. The van der Waals surface area contributed by atoms with Gasteiger partial charge in [-0.3, -0.25) is 0 Å². The van der Waals surface area contributed by atoms with Crippen LogP contribution in [0, 0.1) is 13.8 Å². The Morgan fingerprint density at radius 1 is 1.00 bits per heavy atom. The lowest BCUT2D eigenvalue weighted by Gasteiger charge is -2.36. The van der Waals surface area contributed by atoms with E-state index < -0.39 is 10.0 Å². The number of rotatable bonds is 4. The zero-order valence-electron chi connectivity index (χ0n) is 15.5. The predicted octanol–water partition coefficient (Wildman–Crippen LogP) is 4.13. The molecule has 0 saturated carbocycles. The summed E-state index contributed by atoms with van der Waals surface area (Å²) in [6.07, 6.45) is 0. The Hall–Kier alpha value is -1.47. The Labute approximate surface area is 170 Å². The normalized spacial score (nSPS) is 15.8. The van der Waals surface area contributed by atoms with Crippen LogP contribution in [0.15, 0.2) is 35.2 Å². The summed E-state index contributed by atoms with van der Waals surface area (Å²) in [7, 11) is -2.35. The second kappa shape index (κ2) is 7.87. The second-order valence-corrected chi connectivity index (χ2v) is 9.19. The number of anilines is 1. The number of hydrogen-bond donors (Lipinski definition) is 0. The van der Waals surface area contributed by atoms with E-state index in [0.717, 1.165) is 5.69 Å². The standard InChI is InChI=1S/C19H22Cl2N2O3S/c1-13-5-4-6-16(14(13)2)22-9-11-23(12-10-22)27(24,25)17-8-7-15(20)18(21)19(17)26-3/h4-8H,9-12H2,1-3H3. The quantitative estimate of drug-likeness (QED) is 0.734. The summed E-state index contributed by atoms with van der Waals surface area (Å²) in [6.45, 7) is 6.18. The molecule has 27 heavy (non-hydrogen) atoms. The fourth-order valence-electron chi connectivity index (χ4n) is 3.29. The van der Waals surface area contributed by atoms with Gasteiger partial charge in [-0.15, -0.1) is 0 Å². The molecular formula is C19H22Cl2N2O3S. The molecule has 3 rings (SSSR count). The van der Waals surface area contributed by atoms with Crippen molar-refractivity contribution in [3.63, 3.8) is 0 Å². The van der Waals surface area contributed by atoms with E-state index in [4.69, 9.17) is 27.9 Å². The van der Waals surface area contributed by atoms with Gasteiger partial charge >= 0.3 is 0 Å². The van der Waals surface area contributed by atoms with E-state index in [-0.39, 0.29) is 20.7 Å². The molecule has 0 unspecified atom stereocenters. The number of ether oxygens (including phenoxy) is 1. The third-order valence-electron chi connectivity index (χ3n) is 4.99. The van der Waals surface area contributed by atoms with Crippen LogP contribution in [0.3, 0.4) is 0 Å². The topological polar surface area (TPSA) is 49.9 Å². The number of halogens is 2. The average Bonchev–Trinajstić information content (AvgIpc) is 2.66. The molecule has 1 fully saturated rings. The number of hydrogen-bond acceptors (Lipinski definition) is 4. The maximum atomic E-state index is 13.1. The molecule has 1 heterocycles. The van der Waals surface area contributed by atoms with Crippen LogP contribution in [0.5, 0.6) is 5.75 Å². The predicted molar refractivity (Wildman–Crippen MR) is 110 cm³/mol. The second-order valence-electron chi connectivity index (χ2n) is 6.50. The van der Waals surface area contributed by atoms with Crippen molar-refractivity contribution in [2.45, 2.75) is 18.7 Å². The Morgan fingerprint density at radius 2 is 1.67 bits per heavy atom. The number of benzene rings is 2. The first-order chi connectivity index (χ1) is 12.8. The van der Waals surface area contributed by atoms with Crippen molar-refractivity contribution in [1.82, 2.24) is 4.31 Å². The van der Waals surface area contributed by atoms with Crippen LogP contribution in [0.1, 0.15) is 11.1 Å². The van der Waals surface area contributed by atoms with Crippen molar-refractivity contribution < 1.29 is 13.2 Å². The highest BCUT2D eigenvalue weighted by molar-refractivity contribution is 7.89. The molecule has 1 saturated heterocycles. The molecule has 0 aliphatic carbocycles. The minimum atomic E-state index is -3.73. The lowest BCUT2D eigenvalue weighted by Crippen LogP contribution is -2.48. The molecule has 0 bridgehead atoms. The van der Waals surface area contributed by atoms with E-state index in [9.17, 15) is 8.42 Å². The Balaban J connectivity index is 1.84. The maximum absolute atomic E-state index is 13.1. The van der Waals surface area contributed by atoms with E-state index in [0.29, 0.717) is 26.2 Å². The molecule has 0 spiro atoms. The van der Waals surface area contributed by atoms with Crippen LogP contribution in [0.2, 0.25) is 10.0 Å². The van der Waals surface area contributed by atoms with Crippen molar-refractivity contribution in [2.75, 3.05) is 38.2 Å². The Morgan fingerprint density at radius 3 is 2.30 bits per heavy atom. The molecule has 8 heteroatoms. The summed E-state index contributed by atoms with van der Waals surface area (Å²) >= 11 is 12.1. The van der Waals surface area contributed by atoms with Crippen molar-refractivity contribution in [2.24, 2.45) is 0 Å². The number of aryl methyl sites for hydroxylation is 1. The van der Waals surface area contributed by atoms with E-state index in [1.165, 1.54) is 34.7 Å². The van der Waals surface area contributed by atoms with Crippen molar-refractivity contribution >= 4 is 38.9 Å². The summed E-state index contributed by atoms with van der Waals surface area (Å²) in [5, 5.41) is 0.362. The minimum absolute atomic E-state index is 0.0413. The van der Waals surface area contributed by atoms with Crippen LogP contribution in [0.4, 0.5) is 5.69 Å². The Kier molecular flexibility index (Phi) is 5.91. The van der Waals surface area contributed by atoms with Crippen molar-refractivity contribution in [1.29, 1.82) is 0 Å². The fourth-order valence-corrected chi connectivity index (χ4v) is 5.32. The molecule has 2 aromatic rings. The SMILES string of the molecule is COc1c(S(=O)(=O)N2CCN(c3cccc(C)c3C)CC2)ccc(Cl)c1Cl. The molecule has 0 aromatic heterocycles. The highest BCUT2D eigenvalue weighted by atomic mass is 35.5. The molecule has 146 valence electrons. The maximum Gasteiger partial charge on any atom is 0.246 e. The Bertz CT molecular complexity index is 956. The number of sulfonamides is 1. The highest BCUT2D eigenvalue weighted by Crippen LogP contribution is 2.38. The first-order valence-electron chi connectivity index (χ1n) is 8.60. The smallest absolute Gasteiger partial charge is 0.246 e. The fraction of sp³-hybridized carbons (Fsp3) is 0.368. The molecule has 0 atom stereocenters. The summed E-state index contributed by atoms with van der Waals surface area (Å²) in [6, 6.07) is 9.11. The number of methoxy groups -OCH3 is 1. The van der Waals surface area contributed by atoms with Crippen LogP contribution in [-0.4, -0.2) is 46.0 Å². The lowest BCUT2D eigenvalue weighted by atomic mass is 10.1. The molecule has 0 N–H and O–H groups in total. The van der Waals surface area contributed by atoms with E-state index in [1.807, 2.05) is 6.07 Å². The third-order valence-corrected chi connectivity index (χ3v) is 7.70. The van der Waals surface area contributed by atoms with E-state index in [2.05, 4.69) is 30.9 Å². The van der Waals surface area contributed by atoms with Crippen LogP contribution in [-0.2, 0) is 10.0 Å². The number of nitrogens with zero attached hydrogens (tertiary/aromatic N) is 2. The van der Waals surface area contributed by atoms with Gasteiger partial charge in [0.05, 0.1) is 12.1 Å². The van der Waals surface area contributed by atoms with Gasteiger partial charge in [-0.1, -0.05) is 35.3 Å². The van der Waals surface area contributed by atoms with Gasteiger partial charge in [0.1, 0.15) is 9.92 Å². The largest absolute Gasteiger partial charge is 0.494 e. The molecule has 2 aromatic carbocycles. The monoisotopic (exact) mass is 428 g/mol. The molecule has 1 aliphatic heterocycles. The summed E-state index contributed by atoms with van der Waals surface area (Å²) < 4.78 is 32.9. The third kappa shape index (κ3) is 3.76. The highest BCUT2D eigenvalue weighted by Gasteiger charge is 2.32. The van der Waals surface area contributed by atoms with Crippen LogP contribution >= 0.6 is 23.2 Å². The van der Waals surface area contributed by atoms with E-state index in [1.54, 1.807) is 0 Å². The van der Waals surface area contributed by atoms with Crippen LogP contribution < -0.4 is 9.64 Å². The van der Waals surface area contributed by atoms with Crippen molar-refractivity contribution in [3.8, 4) is 5.75 Å². The van der Waals surface area contributed by atoms with Gasteiger partial charge in [-0.25, -0.2) is 8.42 Å².